The van der Waals surface area contributed by atoms with Gasteiger partial charge in [0.25, 0.3) is 0 Å². The molecule has 1 saturated heterocycles. The number of nitrogens with one attached hydrogen (secondary N) is 1. The molecule has 1 aromatic rings. The van der Waals surface area contributed by atoms with Gasteiger partial charge in [0, 0.05) is 24.5 Å². The number of hydrogen-bond donors (Lipinski definition) is 1. The van der Waals surface area contributed by atoms with E-state index in [9.17, 15) is 0 Å². The highest BCUT2D eigenvalue weighted by atomic mass is 15.0. The van der Waals surface area contributed by atoms with Crippen LogP contribution in [0.1, 0.15) is 37.9 Å². The highest BCUT2D eigenvalue weighted by Gasteiger charge is 2.18. The van der Waals surface area contributed by atoms with Crippen molar-refractivity contribution in [3.63, 3.8) is 0 Å². The van der Waals surface area contributed by atoms with Crippen LogP contribution in [-0.4, -0.2) is 11.1 Å². The van der Waals surface area contributed by atoms with E-state index in [0.717, 1.165) is 6.54 Å². The third-order valence-electron chi connectivity index (χ3n) is 2.75. The Labute approximate surface area is 79.9 Å². The molecule has 1 aliphatic heterocycles. The molecule has 0 unspecified atom stereocenters. The highest BCUT2D eigenvalue weighted by molar-refractivity contribution is 5.13. The molecule has 2 rings (SSSR count). The molecule has 2 heterocycles. The quantitative estimate of drug-likeness (QED) is 0.751. The van der Waals surface area contributed by atoms with Gasteiger partial charge in [0.15, 0.2) is 0 Å². The van der Waals surface area contributed by atoms with Crippen LogP contribution in [0, 0.1) is 0 Å². The SMILES string of the molecule is CCCn1cccc1[C@@H]1CCCN1. The zero-order valence-corrected chi connectivity index (χ0v) is 8.29. The number of nitrogens with zero attached hydrogens (tertiary/aromatic N) is 1. The van der Waals surface area contributed by atoms with E-state index < -0.39 is 0 Å². The van der Waals surface area contributed by atoms with Crippen molar-refractivity contribution in [1.29, 1.82) is 0 Å². The second kappa shape index (κ2) is 3.97. The van der Waals surface area contributed by atoms with Crippen LogP contribution in [0.3, 0.4) is 0 Å². The van der Waals surface area contributed by atoms with E-state index >= 15 is 0 Å². The highest BCUT2D eigenvalue weighted by Crippen LogP contribution is 2.23. The van der Waals surface area contributed by atoms with Crippen LogP contribution >= 0.6 is 0 Å². The molecule has 0 bridgehead atoms. The van der Waals surface area contributed by atoms with Crippen molar-refractivity contribution < 1.29 is 0 Å². The lowest BCUT2D eigenvalue weighted by molar-refractivity contribution is 0.559. The Balaban J connectivity index is 2.13. The summed E-state index contributed by atoms with van der Waals surface area (Å²) in [6.07, 6.45) is 6.03. The Bertz CT molecular complexity index is 259. The largest absolute Gasteiger partial charge is 0.350 e. The minimum absolute atomic E-state index is 0.613. The van der Waals surface area contributed by atoms with Crippen molar-refractivity contribution in [3.05, 3.63) is 24.0 Å². The number of aryl methyl sites for hydroxylation is 1. The van der Waals surface area contributed by atoms with Gasteiger partial charge in [-0.1, -0.05) is 6.92 Å². The van der Waals surface area contributed by atoms with Crippen molar-refractivity contribution in [2.24, 2.45) is 0 Å². The molecule has 0 amide bonds. The summed E-state index contributed by atoms with van der Waals surface area (Å²) in [6, 6.07) is 5.02. The summed E-state index contributed by atoms with van der Waals surface area (Å²) in [7, 11) is 0. The van der Waals surface area contributed by atoms with Gasteiger partial charge in [-0.25, -0.2) is 0 Å². The lowest BCUT2D eigenvalue weighted by Gasteiger charge is -2.14. The maximum atomic E-state index is 3.54. The molecule has 72 valence electrons. The van der Waals surface area contributed by atoms with E-state index in [1.165, 1.54) is 31.5 Å². The molecule has 0 saturated carbocycles. The van der Waals surface area contributed by atoms with E-state index in [1.54, 1.807) is 0 Å². The Morgan fingerprint density at radius 3 is 3.23 bits per heavy atom. The smallest absolute Gasteiger partial charge is 0.0475 e. The lowest BCUT2D eigenvalue weighted by Crippen LogP contribution is -2.16. The number of aromatic nitrogens is 1. The molecule has 0 aliphatic carbocycles. The van der Waals surface area contributed by atoms with Gasteiger partial charge in [0.2, 0.25) is 0 Å². The zero-order chi connectivity index (χ0) is 9.10. The standard InChI is InChI=1S/C11H18N2/c1-2-8-13-9-4-6-11(13)10-5-3-7-12-10/h4,6,9-10,12H,2-3,5,7-8H2,1H3/t10-/m0/s1. The van der Waals surface area contributed by atoms with Gasteiger partial charge in [0.05, 0.1) is 0 Å². The minimum Gasteiger partial charge on any atom is -0.350 e. The van der Waals surface area contributed by atoms with Gasteiger partial charge < -0.3 is 9.88 Å². The minimum atomic E-state index is 0.613. The molecule has 13 heavy (non-hydrogen) atoms. The van der Waals surface area contributed by atoms with Gasteiger partial charge in [-0.2, -0.15) is 0 Å². The van der Waals surface area contributed by atoms with Crippen molar-refractivity contribution >= 4 is 0 Å². The normalized spacial score (nSPS) is 22.4. The molecule has 1 atom stereocenters. The zero-order valence-electron chi connectivity index (χ0n) is 8.29. The van der Waals surface area contributed by atoms with Crippen LogP contribution in [0.15, 0.2) is 18.3 Å². The van der Waals surface area contributed by atoms with Gasteiger partial charge >= 0.3 is 0 Å². The Hall–Kier alpha value is -0.760. The van der Waals surface area contributed by atoms with Crippen LogP contribution in [0.4, 0.5) is 0 Å². The van der Waals surface area contributed by atoms with Crippen molar-refractivity contribution in [2.75, 3.05) is 6.54 Å². The third kappa shape index (κ3) is 1.78. The summed E-state index contributed by atoms with van der Waals surface area (Å²) in [5, 5.41) is 3.54. The fourth-order valence-electron chi connectivity index (χ4n) is 2.13. The first-order valence-corrected chi connectivity index (χ1v) is 5.30. The molecule has 1 N–H and O–H groups in total. The van der Waals surface area contributed by atoms with E-state index in [1.807, 2.05) is 0 Å². The van der Waals surface area contributed by atoms with Gasteiger partial charge in [0.1, 0.15) is 0 Å². The molecular weight excluding hydrogens is 160 g/mol. The fourth-order valence-corrected chi connectivity index (χ4v) is 2.13. The van der Waals surface area contributed by atoms with Crippen LogP contribution in [0.2, 0.25) is 0 Å². The second-order valence-corrected chi connectivity index (χ2v) is 3.78. The molecule has 2 nitrogen and oxygen atoms in total. The summed E-state index contributed by atoms with van der Waals surface area (Å²) < 4.78 is 2.38. The first kappa shape index (κ1) is 8.82. The summed E-state index contributed by atoms with van der Waals surface area (Å²) in [6.45, 7) is 4.56. The predicted octanol–water partition coefficient (Wildman–Crippen LogP) is 2.32. The summed E-state index contributed by atoms with van der Waals surface area (Å²) >= 11 is 0. The predicted molar refractivity (Wildman–Crippen MR) is 54.7 cm³/mol. The Morgan fingerprint density at radius 2 is 2.54 bits per heavy atom. The van der Waals surface area contributed by atoms with Crippen LogP contribution in [0.25, 0.3) is 0 Å². The number of hydrogen-bond acceptors (Lipinski definition) is 1. The topological polar surface area (TPSA) is 17.0 Å². The Kier molecular flexibility index (Phi) is 2.69. The maximum absolute atomic E-state index is 3.54. The maximum Gasteiger partial charge on any atom is 0.0475 e. The molecule has 1 fully saturated rings. The van der Waals surface area contributed by atoms with E-state index in [4.69, 9.17) is 0 Å². The fraction of sp³-hybridized carbons (Fsp3) is 0.636. The molecule has 0 aromatic carbocycles. The van der Waals surface area contributed by atoms with Gasteiger partial charge in [-0.15, -0.1) is 0 Å². The summed E-state index contributed by atoms with van der Waals surface area (Å²) in [5.41, 5.74) is 1.47. The first-order valence-electron chi connectivity index (χ1n) is 5.30. The average Bonchev–Trinajstić information content (AvgIpc) is 2.71. The third-order valence-corrected chi connectivity index (χ3v) is 2.75. The molecule has 2 heteroatoms. The number of rotatable bonds is 3. The van der Waals surface area contributed by atoms with Crippen LogP contribution in [0.5, 0.6) is 0 Å². The Morgan fingerprint density at radius 1 is 1.62 bits per heavy atom. The summed E-state index contributed by atoms with van der Waals surface area (Å²) in [4.78, 5) is 0. The van der Waals surface area contributed by atoms with E-state index in [0.29, 0.717) is 6.04 Å². The van der Waals surface area contributed by atoms with Crippen LogP contribution in [-0.2, 0) is 6.54 Å². The van der Waals surface area contributed by atoms with Crippen molar-refractivity contribution in [2.45, 2.75) is 38.8 Å². The average molecular weight is 178 g/mol. The monoisotopic (exact) mass is 178 g/mol. The molecule has 0 spiro atoms. The first-order chi connectivity index (χ1) is 6.42. The molecule has 0 radical (unpaired) electrons. The van der Waals surface area contributed by atoms with Gasteiger partial charge in [-0.05, 0) is 37.9 Å². The van der Waals surface area contributed by atoms with Crippen molar-refractivity contribution in [1.82, 2.24) is 9.88 Å². The lowest BCUT2D eigenvalue weighted by atomic mass is 10.1. The van der Waals surface area contributed by atoms with Crippen LogP contribution < -0.4 is 5.32 Å². The van der Waals surface area contributed by atoms with Crippen molar-refractivity contribution in [3.8, 4) is 0 Å². The molecule has 1 aliphatic rings. The molecule has 1 aromatic heterocycles. The van der Waals surface area contributed by atoms with Gasteiger partial charge in [-0.3, -0.25) is 0 Å². The van der Waals surface area contributed by atoms with E-state index in [2.05, 4.69) is 35.1 Å². The molecular formula is C11H18N2. The van der Waals surface area contributed by atoms with E-state index in [-0.39, 0.29) is 0 Å². The second-order valence-electron chi connectivity index (χ2n) is 3.78. The summed E-state index contributed by atoms with van der Waals surface area (Å²) in [5.74, 6) is 0.